The van der Waals surface area contributed by atoms with E-state index in [2.05, 4.69) is 40.1 Å². The smallest absolute Gasteiger partial charge is 0.312 e. The molecule has 3 fully saturated rings. The number of para-hydroxylation sites is 1. The van der Waals surface area contributed by atoms with Crippen LogP contribution in [0.25, 0.3) is 0 Å². The van der Waals surface area contributed by atoms with Gasteiger partial charge in [-0.3, -0.25) is 9.69 Å². The van der Waals surface area contributed by atoms with E-state index in [0.29, 0.717) is 13.2 Å². The van der Waals surface area contributed by atoms with Crippen LogP contribution in [-0.2, 0) is 14.3 Å². The molecule has 1 aromatic carbocycles. The molecule has 5 nitrogen and oxygen atoms in total. The van der Waals surface area contributed by atoms with Gasteiger partial charge in [0, 0.05) is 58.0 Å². The summed E-state index contributed by atoms with van der Waals surface area (Å²) in [4.78, 5) is 17.3. The summed E-state index contributed by atoms with van der Waals surface area (Å²) in [5, 5.41) is 0. The molecule has 3 aliphatic heterocycles. The van der Waals surface area contributed by atoms with Crippen LogP contribution in [0.3, 0.4) is 0 Å². The molecule has 25 heavy (non-hydrogen) atoms. The average Bonchev–Trinajstić information content (AvgIpc) is 2.97. The Hall–Kier alpha value is -1.59. The lowest BCUT2D eigenvalue weighted by Gasteiger charge is -2.36. The van der Waals surface area contributed by atoms with Crippen LogP contribution in [0.2, 0.25) is 0 Å². The summed E-state index contributed by atoms with van der Waals surface area (Å²) in [5.74, 6) is 0.0229. The molecule has 0 amide bonds. The summed E-state index contributed by atoms with van der Waals surface area (Å²) in [5.41, 5.74) is 1.07. The lowest BCUT2D eigenvalue weighted by molar-refractivity contribution is -0.152. The van der Waals surface area contributed by atoms with Crippen molar-refractivity contribution in [2.75, 3.05) is 50.8 Å². The van der Waals surface area contributed by atoms with E-state index in [1.807, 2.05) is 0 Å². The van der Waals surface area contributed by atoms with Gasteiger partial charge in [0.25, 0.3) is 0 Å². The zero-order valence-corrected chi connectivity index (χ0v) is 14.9. The fourth-order valence-corrected chi connectivity index (χ4v) is 4.36. The van der Waals surface area contributed by atoms with E-state index in [4.69, 9.17) is 9.47 Å². The zero-order valence-electron chi connectivity index (χ0n) is 14.9. The lowest BCUT2D eigenvalue weighted by atomic mass is 9.77. The van der Waals surface area contributed by atoms with Gasteiger partial charge in [-0.05, 0) is 31.4 Å². The summed E-state index contributed by atoms with van der Waals surface area (Å²) in [6, 6.07) is 10.6. The summed E-state index contributed by atoms with van der Waals surface area (Å²) < 4.78 is 11.1. The van der Waals surface area contributed by atoms with Crippen LogP contribution in [0, 0.1) is 5.41 Å². The summed E-state index contributed by atoms with van der Waals surface area (Å²) in [6.07, 6.45) is 3.60. The molecule has 3 saturated heterocycles. The molecule has 3 heterocycles. The van der Waals surface area contributed by atoms with Crippen LogP contribution >= 0.6 is 0 Å². The molecule has 0 aromatic heterocycles. The van der Waals surface area contributed by atoms with E-state index in [0.717, 1.165) is 58.4 Å². The van der Waals surface area contributed by atoms with E-state index < -0.39 is 0 Å². The second-order valence-corrected chi connectivity index (χ2v) is 7.58. The number of carbonyl (C=O) groups excluding carboxylic acids is 1. The van der Waals surface area contributed by atoms with Crippen LogP contribution in [0.15, 0.2) is 30.3 Å². The summed E-state index contributed by atoms with van der Waals surface area (Å²) in [6.45, 7) is 6.70. The Bertz CT molecular complexity index is 578. The molecular weight excluding hydrogens is 316 g/mol. The van der Waals surface area contributed by atoms with Crippen molar-refractivity contribution < 1.29 is 14.3 Å². The van der Waals surface area contributed by atoms with Gasteiger partial charge >= 0.3 is 5.97 Å². The Labute approximate surface area is 149 Å². The third kappa shape index (κ3) is 3.67. The molecule has 0 N–H and O–H groups in total. The molecule has 1 aromatic rings. The van der Waals surface area contributed by atoms with Crippen LogP contribution in [-0.4, -0.2) is 62.9 Å². The monoisotopic (exact) mass is 344 g/mol. The normalized spacial score (nSPS) is 26.8. The fraction of sp³-hybridized carbons (Fsp3) is 0.650. The van der Waals surface area contributed by atoms with Gasteiger partial charge in [-0.15, -0.1) is 0 Å². The van der Waals surface area contributed by atoms with E-state index >= 15 is 0 Å². The second-order valence-electron chi connectivity index (χ2n) is 7.58. The van der Waals surface area contributed by atoms with Gasteiger partial charge in [0.2, 0.25) is 0 Å². The van der Waals surface area contributed by atoms with Gasteiger partial charge < -0.3 is 14.4 Å². The number of hydrogen-bond donors (Lipinski definition) is 0. The van der Waals surface area contributed by atoms with Gasteiger partial charge in [-0.1, -0.05) is 18.2 Å². The average molecular weight is 344 g/mol. The SMILES string of the molecule is O=C1OC(CCN2CCN(c3ccccc3)CC2)CC12CCOCC2. The largest absolute Gasteiger partial charge is 0.462 e. The molecular formula is C20H28N2O3. The first-order valence-electron chi connectivity index (χ1n) is 9.56. The number of carbonyl (C=O) groups is 1. The predicted octanol–water partition coefficient (Wildman–Crippen LogP) is 2.31. The van der Waals surface area contributed by atoms with Crippen LogP contribution in [0.4, 0.5) is 5.69 Å². The maximum atomic E-state index is 12.3. The molecule has 136 valence electrons. The van der Waals surface area contributed by atoms with Crippen LogP contribution < -0.4 is 4.90 Å². The van der Waals surface area contributed by atoms with Crippen molar-refractivity contribution >= 4 is 11.7 Å². The minimum Gasteiger partial charge on any atom is -0.462 e. The van der Waals surface area contributed by atoms with Crippen molar-refractivity contribution in [1.82, 2.24) is 4.90 Å². The Morgan fingerprint density at radius 3 is 2.48 bits per heavy atom. The van der Waals surface area contributed by atoms with E-state index in [1.165, 1.54) is 5.69 Å². The molecule has 1 spiro atoms. The number of rotatable bonds is 4. The van der Waals surface area contributed by atoms with Crippen LogP contribution in [0.1, 0.15) is 25.7 Å². The Kier molecular flexibility index (Phi) is 4.95. The maximum absolute atomic E-state index is 12.3. The van der Waals surface area contributed by atoms with Gasteiger partial charge in [-0.2, -0.15) is 0 Å². The molecule has 1 atom stereocenters. The molecule has 5 heteroatoms. The minimum absolute atomic E-state index is 0.0229. The van der Waals surface area contributed by atoms with Gasteiger partial charge in [0.05, 0.1) is 5.41 Å². The Morgan fingerprint density at radius 1 is 1.04 bits per heavy atom. The number of esters is 1. The van der Waals surface area contributed by atoms with E-state index in [1.54, 1.807) is 0 Å². The lowest BCUT2D eigenvalue weighted by Crippen LogP contribution is -2.47. The quantitative estimate of drug-likeness (QED) is 0.784. The first-order valence-corrected chi connectivity index (χ1v) is 9.56. The topological polar surface area (TPSA) is 42.0 Å². The van der Waals surface area contributed by atoms with Crippen molar-refractivity contribution in [3.63, 3.8) is 0 Å². The number of anilines is 1. The highest BCUT2D eigenvalue weighted by atomic mass is 16.6. The summed E-state index contributed by atoms with van der Waals surface area (Å²) in [7, 11) is 0. The highest BCUT2D eigenvalue weighted by molar-refractivity contribution is 5.79. The van der Waals surface area contributed by atoms with Crippen molar-refractivity contribution in [2.45, 2.75) is 31.8 Å². The van der Waals surface area contributed by atoms with Gasteiger partial charge in [0.1, 0.15) is 6.10 Å². The molecule has 1 unspecified atom stereocenters. The maximum Gasteiger partial charge on any atom is 0.312 e. The minimum atomic E-state index is -0.241. The zero-order chi connectivity index (χ0) is 17.1. The second kappa shape index (κ2) is 7.34. The molecule has 0 bridgehead atoms. The number of hydrogen-bond acceptors (Lipinski definition) is 5. The number of ether oxygens (including phenoxy) is 2. The highest BCUT2D eigenvalue weighted by Crippen LogP contribution is 2.43. The molecule has 0 radical (unpaired) electrons. The van der Waals surface area contributed by atoms with Crippen molar-refractivity contribution in [3.8, 4) is 0 Å². The van der Waals surface area contributed by atoms with Gasteiger partial charge in [0.15, 0.2) is 0 Å². The third-order valence-corrected chi connectivity index (χ3v) is 6.04. The fourth-order valence-electron chi connectivity index (χ4n) is 4.36. The predicted molar refractivity (Wildman–Crippen MR) is 96.7 cm³/mol. The van der Waals surface area contributed by atoms with Crippen molar-refractivity contribution in [2.24, 2.45) is 5.41 Å². The number of piperazine rings is 1. The van der Waals surface area contributed by atoms with Crippen LogP contribution in [0.5, 0.6) is 0 Å². The summed E-state index contributed by atoms with van der Waals surface area (Å²) >= 11 is 0. The number of cyclic esters (lactones) is 1. The first kappa shape index (κ1) is 16.9. The standard InChI is InChI=1S/C20H28N2O3/c23-19-20(7-14-24-15-8-20)16-18(25-19)6-9-21-10-12-22(13-11-21)17-4-2-1-3-5-17/h1-5,18H,6-16H2. The van der Waals surface area contributed by atoms with E-state index in [9.17, 15) is 4.79 Å². The number of nitrogens with zero attached hydrogens (tertiary/aromatic N) is 2. The third-order valence-electron chi connectivity index (χ3n) is 6.04. The van der Waals surface area contributed by atoms with Crippen molar-refractivity contribution in [1.29, 1.82) is 0 Å². The highest BCUT2D eigenvalue weighted by Gasteiger charge is 2.49. The molecule has 0 saturated carbocycles. The Morgan fingerprint density at radius 2 is 1.76 bits per heavy atom. The number of benzene rings is 1. The van der Waals surface area contributed by atoms with E-state index in [-0.39, 0.29) is 17.5 Å². The first-order chi connectivity index (χ1) is 12.3. The van der Waals surface area contributed by atoms with Crippen molar-refractivity contribution in [3.05, 3.63) is 30.3 Å². The Balaban J connectivity index is 1.23. The molecule has 0 aliphatic carbocycles. The molecule has 4 rings (SSSR count). The molecule has 3 aliphatic rings. The van der Waals surface area contributed by atoms with Gasteiger partial charge in [-0.25, -0.2) is 0 Å².